The Hall–Kier alpha value is -2.17. The maximum atomic E-state index is 11.8. The smallest absolute Gasteiger partial charge is 0.306 e. The third-order valence-electron chi connectivity index (χ3n) is 4.15. The summed E-state index contributed by atoms with van der Waals surface area (Å²) in [7, 11) is 0. The van der Waals surface area contributed by atoms with Crippen LogP contribution < -0.4 is 5.56 Å². The molecule has 20 heavy (non-hydrogen) atoms. The maximum Gasteiger partial charge on any atom is 0.306 e. The van der Waals surface area contributed by atoms with Gasteiger partial charge in [0.1, 0.15) is 0 Å². The van der Waals surface area contributed by atoms with Crippen LogP contribution in [0.15, 0.2) is 35.4 Å². The number of aliphatic carboxylic acids is 1. The van der Waals surface area contributed by atoms with Crippen molar-refractivity contribution in [2.24, 2.45) is 5.92 Å². The summed E-state index contributed by atoms with van der Waals surface area (Å²) in [4.78, 5) is 26.7. The van der Waals surface area contributed by atoms with Crippen LogP contribution in [0.5, 0.6) is 0 Å². The molecule has 1 aliphatic rings. The molecule has 0 unspecified atom stereocenters. The Labute approximate surface area is 115 Å². The number of nitrogens with zero attached hydrogens (tertiary/aromatic N) is 2. The van der Waals surface area contributed by atoms with E-state index in [2.05, 4.69) is 4.98 Å². The molecule has 0 amide bonds. The summed E-state index contributed by atoms with van der Waals surface area (Å²) < 4.78 is 2.02. The minimum atomic E-state index is -0.702. The second-order valence-electron chi connectivity index (χ2n) is 5.32. The summed E-state index contributed by atoms with van der Waals surface area (Å²) in [6, 6.07) is 7.66. The molecule has 0 saturated heterocycles. The Kier molecular flexibility index (Phi) is 3.26. The molecule has 1 N–H and O–H groups in total. The zero-order chi connectivity index (χ0) is 14.1. The third-order valence-corrected chi connectivity index (χ3v) is 4.15. The van der Waals surface area contributed by atoms with Gasteiger partial charge in [-0.3, -0.25) is 9.59 Å². The van der Waals surface area contributed by atoms with E-state index < -0.39 is 5.97 Å². The van der Waals surface area contributed by atoms with E-state index in [1.807, 2.05) is 22.8 Å². The van der Waals surface area contributed by atoms with E-state index >= 15 is 0 Å². The van der Waals surface area contributed by atoms with Crippen molar-refractivity contribution >= 4 is 16.9 Å². The number of carboxylic acids is 1. The van der Waals surface area contributed by atoms with Gasteiger partial charge in [-0.25, -0.2) is 0 Å². The largest absolute Gasteiger partial charge is 0.481 e. The van der Waals surface area contributed by atoms with Crippen LogP contribution in [-0.4, -0.2) is 20.6 Å². The lowest BCUT2D eigenvalue weighted by atomic mass is 9.86. The van der Waals surface area contributed by atoms with Gasteiger partial charge in [-0.1, -0.05) is 12.1 Å². The van der Waals surface area contributed by atoms with Crippen molar-refractivity contribution in [1.82, 2.24) is 9.55 Å². The molecule has 0 bridgehead atoms. The monoisotopic (exact) mass is 272 g/mol. The molecule has 1 aliphatic carbocycles. The fourth-order valence-electron chi connectivity index (χ4n) is 3.02. The second-order valence-corrected chi connectivity index (χ2v) is 5.32. The Morgan fingerprint density at radius 1 is 1.20 bits per heavy atom. The highest BCUT2D eigenvalue weighted by atomic mass is 16.4. The molecule has 1 fully saturated rings. The van der Waals surface area contributed by atoms with E-state index in [-0.39, 0.29) is 17.5 Å². The first-order valence-corrected chi connectivity index (χ1v) is 6.85. The Bertz CT molecular complexity index is 700. The Morgan fingerprint density at radius 3 is 2.60 bits per heavy atom. The van der Waals surface area contributed by atoms with Gasteiger partial charge >= 0.3 is 5.97 Å². The number of aromatic nitrogens is 2. The van der Waals surface area contributed by atoms with Crippen molar-refractivity contribution in [3.63, 3.8) is 0 Å². The van der Waals surface area contributed by atoms with Gasteiger partial charge < -0.3 is 9.67 Å². The predicted molar refractivity (Wildman–Crippen MR) is 74.6 cm³/mol. The van der Waals surface area contributed by atoms with Gasteiger partial charge in [0.25, 0.3) is 5.56 Å². The molecule has 1 heterocycles. The van der Waals surface area contributed by atoms with Crippen LogP contribution in [0, 0.1) is 5.92 Å². The number of para-hydroxylation sites is 1. The molecule has 3 rings (SSSR count). The molecule has 0 spiro atoms. The zero-order valence-corrected chi connectivity index (χ0v) is 11.0. The SMILES string of the molecule is O=C(O)C1CCC(n2cnc(=O)c3ccccc32)CC1. The molecule has 0 radical (unpaired) electrons. The summed E-state index contributed by atoms with van der Waals surface area (Å²) in [6.07, 6.45) is 4.58. The second kappa shape index (κ2) is 5.07. The zero-order valence-electron chi connectivity index (χ0n) is 11.0. The molecule has 2 aromatic rings. The molecule has 1 aromatic carbocycles. The van der Waals surface area contributed by atoms with Crippen molar-refractivity contribution in [2.75, 3.05) is 0 Å². The van der Waals surface area contributed by atoms with Gasteiger partial charge in [-0.15, -0.1) is 0 Å². The minimum absolute atomic E-state index is 0.212. The van der Waals surface area contributed by atoms with Crippen LogP contribution in [0.4, 0.5) is 0 Å². The summed E-state index contributed by atoms with van der Waals surface area (Å²) in [5.74, 6) is -0.934. The summed E-state index contributed by atoms with van der Waals surface area (Å²) in [5.41, 5.74) is 0.669. The number of carboxylic acid groups (broad SMARTS) is 1. The molecule has 1 aromatic heterocycles. The van der Waals surface area contributed by atoms with Gasteiger partial charge in [0, 0.05) is 6.04 Å². The van der Waals surface area contributed by atoms with Crippen LogP contribution in [0.25, 0.3) is 10.9 Å². The van der Waals surface area contributed by atoms with Crippen LogP contribution in [-0.2, 0) is 4.79 Å². The van der Waals surface area contributed by atoms with Crippen molar-refractivity contribution in [2.45, 2.75) is 31.7 Å². The van der Waals surface area contributed by atoms with Gasteiger partial charge in [0.15, 0.2) is 0 Å². The molecule has 1 saturated carbocycles. The average Bonchev–Trinajstić information content (AvgIpc) is 2.48. The van der Waals surface area contributed by atoms with E-state index in [1.165, 1.54) is 0 Å². The van der Waals surface area contributed by atoms with Gasteiger partial charge in [0.05, 0.1) is 23.1 Å². The number of fused-ring (bicyclic) bond motifs is 1. The number of hydrogen-bond acceptors (Lipinski definition) is 3. The molecule has 0 atom stereocenters. The van der Waals surface area contributed by atoms with E-state index in [0.717, 1.165) is 18.4 Å². The molecular formula is C15H16N2O3. The molecule has 5 heteroatoms. The maximum absolute atomic E-state index is 11.8. The Balaban J connectivity index is 1.94. The van der Waals surface area contributed by atoms with E-state index in [9.17, 15) is 9.59 Å². The lowest BCUT2D eigenvalue weighted by Crippen LogP contribution is -2.24. The van der Waals surface area contributed by atoms with Crippen LogP contribution in [0.2, 0.25) is 0 Å². The molecule has 5 nitrogen and oxygen atoms in total. The normalized spacial score (nSPS) is 22.8. The van der Waals surface area contributed by atoms with Crippen LogP contribution in [0.3, 0.4) is 0 Å². The van der Waals surface area contributed by atoms with Crippen LogP contribution >= 0.6 is 0 Å². The first kappa shape index (κ1) is 12.8. The van der Waals surface area contributed by atoms with E-state index in [4.69, 9.17) is 5.11 Å². The molecular weight excluding hydrogens is 256 g/mol. The summed E-state index contributed by atoms with van der Waals surface area (Å²) in [5, 5.41) is 9.66. The fourth-order valence-corrected chi connectivity index (χ4v) is 3.02. The van der Waals surface area contributed by atoms with Gasteiger partial charge in [-0.05, 0) is 37.8 Å². The average molecular weight is 272 g/mol. The van der Waals surface area contributed by atoms with Crippen molar-refractivity contribution in [3.8, 4) is 0 Å². The number of hydrogen-bond donors (Lipinski definition) is 1. The third kappa shape index (κ3) is 2.19. The quantitative estimate of drug-likeness (QED) is 0.909. The number of benzene rings is 1. The van der Waals surface area contributed by atoms with Gasteiger partial charge in [0.2, 0.25) is 0 Å². The first-order valence-electron chi connectivity index (χ1n) is 6.85. The lowest BCUT2D eigenvalue weighted by Gasteiger charge is -2.28. The summed E-state index contributed by atoms with van der Waals surface area (Å²) >= 11 is 0. The number of carbonyl (C=O) groups is 1. The minimum Gasteiger partial charge on any atom is -0.481 e. The van der Waals surface area contributed by atoms with E-state index in [0.29, 0.717) is 18.2 Å². The number of rotatable bonds is 2. The molecule has 104 valence electrons. The highest BCUT2D eigenvalue weighted by molar-refractivity contribution is 5.77. The van der Waals surface area contributed by atoms with Gasteiger partial charge in [-0.2, -0.15) is 4.98 Å². The van der Waals surface area contributed by atoms with Crippen molar-refractivity contribution < 1.29 is 9.90 Å². The Morgan fingerprint density at radius 2 is 1.90 bits per heavy atom. The van der Waals surface area contributed by atoms with E-state index in [1.54, 1.807) is 12.4 Å². The standard InChI is InChI=1S/C15H16N2O3/c18-14-12-3-1-2-4-13(12)17(9-16-14)11-7-5-10(6-8-11)15(19)20/h1-4,9-11H,5-8H2,(H,19,20). The summed E-state index contributed by atoms with van der Waals surface area (Å²) in [6.45, 7) is 0. The lowest BCUT2D eigenvalue weighted by molar-refractivity contribution is -0.143. The first-order chi connectivity index (χ1) is 9.66. The predicted octanol–water partition coefficient (Wildman–Crippen LogP) is 2.21. The highest BCUT2D eigenvalue weighted by Gasteiger charge is 2.27. The highest BCUT2D eigenvalue weighted by Crippen LogP contribution is 2.33. The van der Waals surface area contributed by atoms with Crippen molar-refractivity contribution in [3.05, 3.63) is 40.9 Å². The fraction of sp³-hybridized carbons (Fsp3) is 0.400. The molecule has 0 aliphatic heterocycles. The topological polar surface area (TPSA) is 72.2 Å². The van der Waals surface area contributed by atoms with Crippen molar-refractivity contribution in [1.29, 1.82) is 0 Å². The van der Waals surface area contributed by atoms with Crippen LogP contribution in [0.1, 0.15) is 31.7 Å².